The van der Waals surface area contributed by atoms with Crippen LogP contribution < -0.4 is 10.3 Å². The SMILES string of the molecule is O=C(N/N=C\c1ccc(-c2ccc(F)cc2)o1)c1ccc(N2CCCC2)cc1. The molecule has 0 spiro atoms. The van der Waals surface area contributed by atoms with Crippen molar-refractivity contribution in [1.29, 1.82) is 0 Å². The number of hydrogen-bond donors (Lipinski definition) is 1. The number of carbonyl (C=O) groups excluding carboxylic acids is 1. The predicted octanol–water partition coefficient (Wildman–Crippen LogP) is 4.45. The summed E-state index contributed by atoms with van der Waals surface area (Å²) in [5.41, 5.74) is 4.96. The molecule has 1 aliphatic heterocycles. The maximum atomic E-state index is 13.0. The Labute approximate surface area is 162 Å². The fraction of sp³-hybridized carbons (Fsp3) is 0.182. The minimum atomic E-state index is -0.298. The molecule has 1 aromatic heterocycles. The van der Waals surface area contributed by atoms with Crippen LogP contribution in [0.4, 0.5) is 10.1 Å². The molecular formula is C22H20FN3O2. The molecule has 0 saturated carbocycles. The van der Waals surface area contributed by atoms with Crippen LogP contribution in [0.1, 0.15) is 29.0 Å². The summed E-state index contributed by atoms with van der Waals surface area (Å²) in [6.07, 6.45) is 3.86. The normalized spacial score (nSPS) is 14.0. The highest BCUT2D eigenvalue weighted by molar-refractivity contribution is 5.95. The molecule has 6 heteroatoms. The number of anilines is 1. The van der Waals surface area contributed by atoms with Gasteiger partial charge < -0.3 is 9.32 Å². The Morgan fingerprint density at radius 3 is 2.43 bits per heavy atom. The van der Waals surface area contributed by atoms with Crippen LogP contribution in [0.3, 0.4) is 0 Å². The van der Waals surface area contributed by atoms with Crippen molar-refractivity contribution in [1.82, 2.24) is 5.43 Å². The lowest BCUT2D eigenvalue weighted by molar-refractivity contribution is 0.0955. The van der Waals surface area contributed by atoms with E-state index in [1.165, 1.54) is 31.2 Å². The number of carbonyl (C=O) groups is 1. The average molecular weight is 377 g/mol. The molecule has 0 bridgehead atoms. The van der Waals surface area contributed by atoms with Crippen LogP contribution in [-0.2, 0) is 0 Å². The van der Waals surface area contributed by atoms with E-state index in [0.717, 1.165) is 24.3 Å². The molecule has 5 nitrogen and oxygen atoms in total. The van der Waals surface area contributed by atoms with Gasteiger partial charge in [0.05, 0.1) is 6.21 Å². The number of furan rings is 1. The summed E-state index contributed by atoms with van der Waals surface area (Å²) in [7, 11) is 0. The molecule has 1 aliphatic rings. The number of halogens is 1. The van der Waals surface area contributed by atoms with E-state index in [-0.39, 0.29) is 11.7 Å². The highest BCUT2D eigenvalue weighted by atomic mass is 19.1. The van der Waals surface area contributed by atoms with Gasteiger partial charge in [-0.15, -0.1) is 0 Å². The maximum absolute atomic E-state index is 13.0. The summed E-state index contributed by atoms with van der Waals surface area (Å²) in [5, 5.41) is 3.95. The van der Waals surface area contributed by atoms with E-state index < -0.39 is 0 Å². The van der Waals surface area contributed by atoms with Crippen molar-refractivity contribution in [2.24, 2.45) is 5.10 Å². The van der Waals surface area contributed by atoms with E-state index in [9.17, 15) is 9.18 Å². The zero-order valence-electron chi connectivity index (χ0n) is 15.3. The van der Waals surface area contributed by atoms with Crippen LogP contribution in [-0.4, -0.2) is 25.2 Å². The summed E-state index contributed by atoms with van der Waals surface area (Å²) in [6.45, 7) is 2.14. The number of hydrogen-bond acceptors (Lipinski definition) is 4. The van der Waals surface area contributed by atoms with Crippen molar-refractivity contribution in [2.45, 2.75) is 12.8 Å². The van der Waals surface area contributed by atoms with Gasteiger partial charge in [0.15, 0.2) is 0 Å². The number of amides is 1. The van der Waals surface area contributed by atoms with Gasteiger partial charge in [-0.25, -0.2) is 9.82 Å². The molecule has 1 fully saturated rings. The minimum absolute atomic E-state index is 0.283. The van der Waals surface area contributed by atoms with Crippen LogP contribution in [0, 0.1) is 5.82 Å². The van der Waals surface area contributed by atoms with Crippen molar-refractivity contribution >= 4 is 17.8 Å². The van der Waals surface area contributed by atoms with Gasteiger partial charge in [-0.1, -0.05) is 0 Å². The second-order valence-electron chi connectivity index (χ2n) is 6.65. The average Bonchev–Trinajstić information content (AvgIpc) is 3.41. The second-order valence-corrected chi connectivity index (χ2v) is 6.65. The third-order valence-electron chi connectivity index (χ3n) is 4.71. The molecule has 1 amide bonds. The molecule has 142 valence electrons. The van der Waals surface area contributed by atoms with Crippen LogP contribution in [0.2, 0.25) is 0 Å². The molecule has 28 heavy (non-hydrogen) atoms. The molecule has 1 saturated heterocycles. The molecule has 2 aromatic carbocycles. The highest BCUT2D eigenvalue weighted by Crippen LogP contribution is 2.22. The van der Waals surface area contributed by atoms with E-state index in [0.29, 0.717) is 17.1 Å². The lowest BCUT2D eigenvalue weighted by Gasteiger charge is -2.17. The Morgan fingerprint density at radius 1 is 1.00 bits per heavy atom. The largest absolute Gasteiger partial charge is 0.455 e. The van der Waals surface area contributed by atoms with Crippen LogP contribution in [0.15, 0.2) is 70.2 Å². The van der Waals surface area contributed by atoms with Gasteiger partial charge in [0.1, 0.15) is 17.3 Å². The van der Waals surface area contributed by atoms with Crippen LogP contribution in [0.25, 0.3) is 11.3 Å². The number of rotatable bonds is 5. The highest BCUT2D eigenvalue weighted by Gasteiger charge is 2.13. The third-order valence-corrected chi connectivity index (χ3v) is 4.71. The lowest BCUT2D eigenvalue weighted by atomic mass is 10.2. The second kappa shape index (κ2) is 8.08. The number of benzene rings is 2. The topological polar surface area (TPSA) is 57.8 Å². The summed E-state index contributed by atoms with van der Waals surface area (Å²) in [6, 6.07) is 17.1. The number of nitrogens with zero attached hydrogens (tertiary/aromatic N) is 2. The van der Waals surface area contributed by atoms with E-state index in [1.54, 1.807) is 36.4 Å². The smallest absolute Gasteiger partial charge is 0.271 e. The molecule has 1 N–H and O–H groups in total. The van der Waals surface area contributed by atoms with E-state index in [4.69, 9.17) is 4.42 Å². The molecule has 0 unspecified atom stereocenters. The van der Waals surface area contributed by atoms with Gasteiger partial charge >= 0.3 is 0 Å². The van der Waals surface area contributed by atoms with E-state index in [1.807, 2.05) is 12.1 Å². The van der Waals surface area contributed by atoms with Crippen molar-refractivity contribution in [3.8, 4) is 11.3 Å². The molecule has 2 heterocycles. The van der Waals surface area contributed by atoms with Gasteiger partial charge in [0.2, 0.25) is 0 Å². The van der Waals surface area contributed by atoms with Crippen molar-refractivity contribution in [2.75, 3.05) is 18.0 Å². The Kier molecular flexibility index (Phi) is 5.19. The van der Waals surface area contributed by atoms with E-state index >= 15 is 0 Å². The van der Waals surface area contributed by atoms with Gasteiger partial charge in [0, 0.05) is 29.9 Å². The van der Waals surface area contributed by atoms with Crippen LogP contribution >= 0.6 is 0 Å². The van der Waals surface area contributed by atoms with Gasteiger partial charge in [-0.2, -0.15) is 5.10 Å². The van der Waals surface area contributed by atoms with Crippen molar-refractivity contribution in [3.63, 3.8) is 0 Å². The lowest BCUT2D eigenvalue weighted by Crippen LogP contribution is -2.19. The van der Waals surface area contributed by atoms with E-state index in [2.05, 4.69) is 15.4 Å². The summed E-state index contributed by atoms with van der Waals surface area (Å²) in [4.78, 5) is 14.5. The summed E-state index contributed by atoms with van der Waals surface area (Å²) < 4.78 is 18.6. The van der Waals surface area contributed by atoms with Gasteiger partial charge in [-0.3, -0.25) is 4.79 Å². The van der Waals surface area contributed by atoms with Gasteiger partial charge in [0.25, 0.3) is 5.91 Å². The molecule has 3 aromatic rings. The Morgan fingerprint density at radius 2 is 1.71 bits per heavy atom. The summed E-state index contributed by atoms with van der Waals surface area (Å²) in [5.74, 6) is 0.511. The standard InChI is InChI=1S/C22H20FN3O2/c23-18-7-3-16(4-8-18)21-12-11-20(28-21)15-24-25-22(27)17-5-9-19(10-6-17)26-13-1-2-14-26/h3-12,15H,1-2,13-14H2,(H,25,27)/b24-15-. The first-order valence-corrected chi connectivity index (χ1v) is 9.23. The monoisotopic (exact) mass is 377 g/mol. The third kappa shape index (κ3) is 4.11. The zero-order valence-corrected chi connectivity index (χ0v) is 15.3. The van der Waals surface area contributed by atoms with Gasteiger partial charge in [-0.05, 0) is 73.5 Å². The molecule has 4 rings (SSSR count). The van der Waals surface area contributed by atoms with Crippen LogP contribution in [0.5, 0.6) is 0 Å². The summed E-state index contributed by atoms with van der Waals surface area (Å²) >= 11 is 0. The first-order valence-electron chi connectivity index (χ1n) is 9.23. The Bertz CT molecular complexity index is 972. The first kappa shape index (κ1) is 18.0. The molecule has 0 aliphatic carbocycles. The molecule has 0 atom stereocenters. The zero-order chi connectivity index (χ0) is 19.3. The Balaban J connectivity index is 1.35. The fourth-order valence-corrected chi connectivity index (χ4v) is 3.21. The fourth-order valence-electron chi connectivity index (χ4n) is 3.21. The maximum Gasteiger partial charge on any atom is 0.271 e. The molecule has 0 radical (unpaired) electrons. The first-order chi connectivity index (χ1) is 13.7. The van der Waals surface area contributed by atoms with Crippen molar-refractivity contribution < 1.29 is 13.6 Å². The molecular weight excluding hydrogens is 357 g/mol. The van der Waals surface area contributed by atoms with Crippen molar-refractivity contribution in [3.05, 3.63) is 77.8 Å². The Hall–Kier alpha value is -3.41. The minimum Gasteiger partial charge on any atom is -0.455 e. The number of nitrogens with one attached hydrogen (secondary N) is 1. The number of hydrazone groups is 1. The quantitative estimate of drug-likeness (QED) is 0.528. The predicted molar refractivity (Wildman–Crippen MR) is 107 cm³/mol.